The molecule has 0 spiro atoms. The van der Waals surface area contributed by atoms with E-state index in [1.54, 1.807) is 0 Å². The molecule has 2 heteroatoms. The lowest BCUT2D eigenvalue weighted by Crippen LogP contribution is -2.24. The molecule has 1 N–H and O–H groups in total. The molecule has 0 bridgehead atoms. The van der Waals surface area contributed by atoms with Gasteiger partial charge in [0.05, 0.1) is 6.61 Å². The Kier molecular flexibility index (Phi) is 2.62. The zero-order valence-electron chi connectivity index (χ0n) is 7.92. The van der Waals surface area contributed by atoms with E-state index < -0.39 is 0 Å². The summed E-state index contributed by atoms with van der Waals surface area (Å²) in [6.07, 6.45) is 1.20. The van der Waals surface area contributed by atoms with Gasteiger partial charge in [0, 0.05) is 13.0 Å². The molecule has 2 nitrogen and oxygen atoms in total. The fourth-order valence-electron chi connectivity index (χ4n) is 1.55. The summed E-state index contributed by atoms with van der Waals surface area (Å²) in [4.78, 5) is 0. The first kappa shape index (κ1) is 8.73. The molecule has 2 rings (SSSR count). The van der Waals surface area contributed by atoms with Crippen LogP contribution < -0.4 is 5.32 Å². The zero-order valence-corrected chi connectivity index (χ0v) is 7.92. The van der Waals surface area contributed by atoms with E-state index in [2.05, 4.69) is 36.5 Å². The molecular formula is C11H15NO. The van der Waals surface area contributed by atoms with Gasteiger partial charge in [0.25, 0.3) is 0 Å². The van der Waals surface area contributed by atoms with Crippen molar-refractivity contribution in [1.82, 2.24) is 5.32 Å². The molecule has 1 fully saturated rings. The Morgan fingerprint density at radius 2 is 2.15 bits per heavy atom. The highest BCUT2D eigenvalue weighted by molar-refractivity contribution is 5.21. The number of ether oxygens (including phenoxy) is 1. The monoisotopic (exact) mass is 177 g/mol. The summed E-state index contributed by atoms with van der Waals surface area (Å²) in [5.74, 6) is 0. The SMILES string of the molecule is Cc1ccc(CC2NCCO2)cc1. The number of hydrogen-bond acceptors (Lipinski definition) is 2. The van der Waals surface area contributed by atoms with Gasteiger partial charge in [-0.3, -0.25) is 5.32 Å². The third kappa shape index (κ3) is 2.29. The Morgan fingerprint density at radius 1 is 1.38 bits per heavy atom. The molecule has 1 unspecified atom stereocenters. The van der Waals surface area contributed by atoms with Crippen LogP contribution in [0.5, 0.6) is 0 Å². The number of aryl methyl sites for hydroxylation is 1. The molecule has 1 aromatic rings. The highest BCUT2D eigenvalue weighted by Crippen LogP contribution is 2.08. The van der Waals surface area contributed by atoms with Crippen LogP contribution in [0.1, 0.15) is 11.1 Å². The Morgan fingerprint density at radius 3 is 2.77 bits per heavy atom. The normalized spacial score (nSPS) is 22.1. The van der Waals surface area contributed by atoms with Gasteiger partial charge in [0.1, 0.15) is 6.23 Å². The minimum absolute atomic E-state index is 0.225. The van der Waals surface area contributed by atoms with Crippen molar-refractivity contribution < 1.29 is 4.74 Å². The molecule has 1 aliphatic rings. The lowest BCUT2D eigenvalue weighted by atomic mass is 10.1. The van der Waals surface area contributed by atoms with Crippen LogP contribution >= 0.6 is 0 Å². The summed E-state index contributed by atoms with van der Waals surface area (Å²) in [7, 11) is 0. The van der Waals surface area contributed by atoms with Crippen molar-refractivity contribution in [2.75, 3.05) is 13.2 Å². The van der Waals surface area contributed by atoms with Crippen LogP contribution in [0, 0.1) is 6.92 Å². The van der Waals surface area contributed by atoms with Gasteiger partial charge in [-0.2, -0.15) is 0 Å². The fourth-order valence-corrected chi connectivity index (χ4v) is 1.55. The molecular weight excluding hydrogens is 162 g/mol. The summed E-state index contributed by atoms with van der Waals surface area (Å²) in [6.45, 7) is 3.93. The van der Waals surface area contributed by atoms with Gasteiger partial charge in [-0.25, -0.2) is 0 Å². The topological polar surface area (TPSA) is 21.3 Å². The minimum Gasteiger partial charge on any atom is -0.362 e. The second-order valence-electron chi connectivity index (χ2n) is 3.50. The first-order valence-electron chi connectivity index (χ1n) is 4.75. The van der Waals surface area contributed by atoms with E-state index in [0.717, 1.165) is 19.6 Å². The maximum atomic E-state index is 5.48. The molecule has 0 aromatic heterocycles. The predicted molar refractivity (Wildman–Crippen MR) is 52.6 cm³/mol. The second kappa shape index (κ2) is 3.90. The van der Waals surface area contributed by atoms with Crippen LogP contribution in [0.3, 0.4) is 0 Å². The van der Waals surface area contributed by atoms with Gasteiger partial charge in [-0.05, 0) is 12.5 Å². The van der Waals surface area contributed by atoms with Crippen molar-refractivity contribution >= 4 is 0 Å². The van der Waals surface area contributed by atoms with E-state index in [9.17, 15) is 0 Å². The van der Waals surface area contributed by atoms with Crippen molar-refractivity contribution in [3.05, 3.63) is 35.4 Å². The Hall–Kier alpha value is -0.860. The van der Waals surface area contributed by atoms with E-state index in [0.29, 0.717) is 0 Å². The van der Waals surface area contributed by atoms with Crippen molar-refractivity contribution in [2.24, 2.45) is 0 Å². The van der Waals surface area contributed by atoms with Gasteiger partial charge in [-0.1, -0.05) is 29.8 Å². The first-order valence-corrected chi connectivity index (χ1v) is 4.75. The van der Waals surface area contributed by atoms with Crippen LogP contribution in [-0.2, 0) is 11.2 Å². The predicted octanol–water partition coefficient (Wildman–Crippen LogP) is 1.48. The molecule has 1 aromatic carbocycles. The summed E-state index contributed by atoms with van der Waals surface area (Å²) in [5, 5.41) is 3.30. The Bertz CT molecular complexity index is 262. The van der Waals surface area contributed by atoms with E-state index in [1.807, 2.05) is 0 Å². The van der Waals surface area contributed by atoms with Crippen LogP contribution in [0.25, 0.3) is 0 Å². The summed E-state index contributed by atoms with van der Waals surface area (Å²) in [6, 6.07) is 8.62. The third-order valence-corrected chi connectivity index (χ3v) is 2.33. The highest BCUT2D eigenvalue weighted by Gasteiger charge is 2.14. The van der Waals surface area contributed by atoms with Gasteiger partial charge in [0.2, 0.25) is 0 Å². The van der Waals surface area contributed by atoms with Crippen LogP contribution in [0.15, 0.2) is 24.3 Å². The molecule has 70 valence electrons. The third-order valence-electron chi connectivity index (χ3n) is 2.33. The van der Waals surface area contributed by atoms with E-state index in [-0.39, 0.29) is 6.23 Å². The van der Waals surface area contributed by atoms with Gasteiger partial charge in [0.15, 0.2) is 0 Å². The van der Waals surface area contributed by atoms with E-state index in [1.165, 1.54) is 11.1 Å². The smallest absolute Gasteiger partial charge is 0.112 e. The molecule has 1 aliphatic heterocycles. The van der Waals surface area contributed by atoms with Crippen LogP contribution in [0.4, 0.5) is 0 Å². The maximum absolute atomic E-state index is 5.48. The van der Waals surface area contributed by atoms with Gasteiger partial charge >= 0.3 is 0 Å². The largest absolute Gasteiger partial charge is 0.362 e. The van der Waals surface area contributed by atoms with Crippen molar-refractivity contribution in [3.8, 4) is 0 Å². The molecule has 0 amide bonds. The van der Waals surface area contributed by atoms with Gasteiger partial charge < -0.3 is 4.74 Å². The number of nitrogens with one attached hydrogen (secondary N) is 1. The lowest BCUT2D eigenvalue weighted by molar-refractivity contribution is 0.102. The molecule has 13 heavy (non-hydrogen) atoms. The molecule has 0 saturated carbocycles. The number of rotatable bonds is 2. The standard InChI is InChI=1S/C11H15NO/c1-9-2-4-10(5-3-9)8-11-12-6-7-13-11/h2-5,11-12H,6-8H2,1H3. The summed E-state index contributed by atoms with van der Waals surface area (Å²) in [5.41, 5.74) is 2.65. The van der Waals surface area contributed by atoms with Gasteiger partial charge in [-0.15, -0.1) is 0 Å². The summed E-state index contributed by atoms with van der Waals surface area (Å²) < 4.78 is 5.48. The zero-order chi connectivity index (χ0) is 9.10. The average molecular weight is 177 g/mol. The Balaban J connectivity index is 1.97. The Labute approximate surface area is 78.9 Å². The lowest BCUT2D eigenvalue weighted by Gasteiger charge is -2.09. The van der Waals surface area contributed by atoms with Crippen molar-refractivity contribution in [2.45, 2.75) is 19.6 Å². The van der Waals surface area contributed by atoms with Crippen molar-refractivity contribution in [3.63, 3.8) is 0 Å². The second-order valence-corrected chi connectivity index (χ2v) is 3.50. The number of hydrogen-bond donors (Lipinski definition) is 1. The maximum Gasteiger partial charge on any atom is 0.112 e. The van der Waals surface area contributed by atoms with E-state index >= 15 is 0 Å². The molecule has 0 aliphatic carbocycles. The summed E-state index contributed by atoms with van der Waals surface area (Å²) >= 11 is 0. The van der Waals surface area contributed by atoms with Crippen LogP contribution in [0.2, 0.25) is 0 Å². The number of benzene rings is 1. The van der Waals surface area contributed by atoms with E-state index in [4.69, 9.17) is 4.74 Å². The fraction of sp³-hybridized carbons (Fsp3) is 0.455. The molecule has 0 radical (unpaired) electrons. The minimum atomic E-state index is 0.225. The quantitative estimate of drug-likeness (QED) is 0.739. The average Bonchev–Trinajstić information content (AvgIpc) is 2.62. The first-order chi connectivity index (χ1) is 6.34. The highest BCUT2D eigenvalue weighted by atomic mass is 16.5. The molecule has 1 atom stereocenters. The molecule has 1 saturated heterocycles. The molecule has 1 heterocycles. The van der Waals surface area contributed by atoms with Crippen molar-refractivity contribution in [1.29, 1.82) is 0 Å². The van der Waals surface area contributed by atoms with Crippen LogP contribution in [-0.4, -0.2) is 19.4 Å².